The maximum Gasteiger partial charge on any atom is 0.0309 e. The number of nitrogens with one attached hydrogen (secondary N) is 1. The largest absolute Gasteiger partial charge is 0.308 e. The Morgan fingerprint density at radius 1 is 1.05 bits per heavy atom. The van der Waals surface area contributed by atoms with E-state index < -0.39 is 0 Å². The number of rotatable bonds is 1. The summed E-state index contributed by atoms with van der Waals surface area (Å²) in [6.45, 7) is 9.07. The van der Waals surface area contributed by atoms with Crippen molar-refractivity contribution in [3.63, 3.8) is 0 Å². The van der Waals surface area contributed by atoms with Crippen LogP contribution in [0, 0.1) is 5.92 Å². The summed E-state index contributed by atoms with van der Waals surface area (Å²) in [5, 5.41) is 3.94. The summed E-state index contributed by atoms with van der Waals surface area (Å²) in [6, 6.07) is 1.58. The minimum absolute atomic E-state index is 0.469. The molecule has 0 aromatic rings. The average Bonchev–Trinajstić information content (AvgIpc) is 2.52. The lowest BCUT2D eigenvalue weighted by atomic mass is 9.77. The monoisotopic (exact) mass is 277 g/mol. The SMILES string of the molecule is CC1CNC2(CCCCC2)CN1C1CN2CCC1CC2. The summed E-state index contributed by atoms with van der Waals surface area (Å²) in [5.41, 5.74) is 0.469. The smallest absolute Gasteiger partial charge is 0.0309 e. The van der Waals surface area contributed by atoms with Gasteiger partial charge in [-0.05, 0) is 51.6 Å². The van der Waals surface area contributed by atoms with Crippen LogP contribution in [0.25, 0.3) is 0 Å². The molecule has 2 unspecified atom stereocenters. The highest BCUT2D eigenvalue weighted by Crippen LogP contribution is 2.37. The van der Waals surface area contributed by atoms with Crippen molar-refractivity contribution < 1.29 is 0 Å². The van der Waals surface area contributed by atoms with Gasteiger partial charge in [0.2, 0.25) is 0 Å². The van der Waals surface area contributed by atoms with Gasteiger partial charge in [-0.2, -0.15) is 0 Å². The summed E-state index contributed by atoms with van der Waals surface area (Å²) >= 11 is 0. The Hall–Kier alpha value is -0.120. The van der Waals surface area contributed by atoms with Gasteiger partial charge < -0.3 is 10.2 Å². The predicted octanol–water partition coefficient (Wildman–Crippen LogP) is 2.08. The van der Waals surface area contributed by atoms with Gasteiger partial charge in [0.25, 0.3) is 0 Å². The molecular weight excluding hydrogens is 246 g/mol. The van der Waals surface area contributed by atoms with E-state index in [1.54, 1.807) is 0 Å². The molecule has 1 spiro atoms. The van der Waals surface area contributed by atoms with Gasteiger partial charge >= 0.3 is 0 Å². The first-order chi connectivity index (χ1) is 9.76. The highest BCUT2D eigenvalue weighted by atomic mass is 15.3. The molecule has 5 rings (SSSR count). The molecule has 0 aromatic heterocycles. The molecule has 3 nitrogen and oxygen atoms in total. The molecule has 0 amide bonds. The van der Waals surface area contributed by atoms with Crippen LogP contribution in [0.3, 0.4) is 0 Å². The number of hydrogen-bond donors (Lipinski definition) is 1. The lowest BCUT2D eigenvalue weighted by molar-refractivity contribution is -0.0468. The first-order valence-electron chi connectivity index (χ1n) is 8.99. The molecule has 5 fully saturated rings. The van der Waals surface area contributed by atoms with Gasteiger partial charge in [-0.15, -0.1) is 0 Å². The van der Waals surface area contributed by atoms with E-state index in [0.29, 0.717) is 5.54 Å². The van der Waals surface area contributed by atoms with Crippen molar-refractivity contribution >= 4 is 0 Å². The molecule has 1 aliphatic carbocycles. The first kappa shape index (κ1) is 13.5. The standard InChI is InChI=1S/C17H31N3/c1-14-11-18-17(7-3-2-4-8-17)13-20(14)16-12-19-9-5-15(16)6-10-19/h14-16,18H,2-13H2,1H3. The normalized spacial score (nSPS) is 44.9. The van der Waals surface area contributed by atoms with E-state index in [2.05, 4.69) is 22.0 Å². The molecule has 2 bridgehead atoms. The molecule has 0 radical (unpaired) electrons. The van der Waals surface area contributed by atoms with Gasteiger partial charge in [0.15, 0.2) is 0 Å². The second-order valence-electron chi connectivity index (χ2n) is 7.95. The average molecular weight is 277 g/mol. The van der Waals surface area contributed by atoms with Crippen molar-refractivity contribution in [1.82, 2.24) is 15.1 Å². The second kappa shape index (κ2) is 5.26. The molecule has 5 aliphatic rings. The van der Waals surface area contributed by atoms with Gasteiger partial charge in [0.1, 0.15) is 0 Å². The van der Waals surface area contributed by atoms with Crippen molar-refractivity contribution in [2.75, 3.05) is 32.7 Å². The van der Waals surface area contributed by atoms with Crippen molar-refractivity contribution in [2.24, 2.45) is 5.92 Å². The van der Waals surface area contributed by atoms with Gasteiger partial charge in [-0.1, -0.05) is 19.3 Å². The third-order valence-corrected chi connectivity index (χ3v) is 6.68. The van der Waals surface area contributed by atoms with Crippen LogP contribution in [0.15, 0.2) is 0 Å². The van der Waals surface area contributed by atoms with Crippen LogP contribution < -0.4 is 5.32 Å². The van der Waals surface area contributed by atoms with E-state index in [9.17, 15) is 0 Å². The Morgan fingerprint density at radius 3 is 2.45 bits per heavy atom. The van der Waals surface area contributed by atoms with Gasteiger partial charge in [-0.3, -0.25) is 4.90 Å². The van der Waals surface area contributed by atoms with Crippen molar-refractivity contribution in [3.8, 4) is 0 Å². The molecule has 4 saturated heterocycles. The summed E-state index contributed by atoms with van der Waals surface area (Å²) in [7, 11) is 0. The molecule has 1 N–H and O–H groups in total. The zero-order valence-electron chi connectivity index (χ0n) is 13.1. The Balaban J connectivity index is 1.50. The van der Waals surface area contributed by atoms with E-state index in [4.69, 9.17) is 0 Å². The first-order valence-corrected chi connectivity index (χ1v) is 8.99. The van der Waals surface area contributed by atoms with Crippen LogP contribution in [-0.4, -0.2) is 60.1 Å². The highest BCUT2D eigenvalue weighted by molar-refractivity contribution is 5.03. The van der Waals surface area contributed by atoms with E-state index >= 15 is 0 Å². The maximum atomic E-state index is 3.94. The summed E-state index contributed by atoms with van der Waals surface area (Å²) in [6.07, 6.45) is 10.1. The van der Waals surface area contributed by atoms with E-state index in [0.717, 1.165) is 18.0 Å². The number of nitrogens with zero attached hydrogens (tertiary/aromatic N) is 2. The molecule has 114 valence electrons. The summed E-state index contributed by atoms with van der Waals surface area (Å²) < 4.78 is 0. The van der Waals surface area contributed by atoms with E-state index in [-0.39, 0.29) is 0 Å². The summed E-state index contributed by atoms with van der Waals surface area (Å²) in [4.78, 5) is 5.63. The maximum absolute atomic E-state index is 3.94. The van der Waals surface area contributed by atoms with E-state index in [1.165, 1.54) is 77.7 Å². The van der Waals surface area contributed by atoms with Crippen molar-refractivity contribution in [2.45, 2.75) is 69.5 Å². The fourth-order valence-corrected chi connectivity index (χ4v) is 5.36. The third-order valence-electron chi connectivity index (χ3n) is 6.68. The van der Waals surface area contributed by atoms with E-state index in [1.807, 2.05) is 0 Å². The van der Waals surface area contributed by atoms with Gasteiger partial charge in [-0.25, -0.2) is 0 Å². The second-order valence-corrected chi connectivity index (χ2v) is 7.95. The van der Waals surface area contributed by atoms with Crippen LogP contribution in [0.2, 0.25) is 0 Å². The molecule has 3 heteroatoms. The highest BCUT2D eigenvalue weighted by Gasteiger charge is 2.45. The molecule has 4 aliphatic heterocycles. The predicted molar refractivity (Wildman–Crippen MR) is 82.9 cm³/mol. The quantitative estimate of drug-likeness (QED) is 0.792. The minimum atomic E-state index is 0.469. The topological polar surface area (TPSA) is 18.5 Å². The number of piperidine rings is 3. The van der Waals surface area contributed by atoms with Crippen LogP contribution in [0.1, 0.15) is 51.9 Å². The van der Waals surface area contributed by atoms with Gasteiger partial charge in [0.05, 0.1) is 0 Å². The summed E-state index contributed by atoms with van der Waals surface area (Å²) in [5.74, 6) is 0.987. The molecule has 1 saturated carbocycles. The van der Waals surface area contributed by atoms with Crippen molar-refractivity contribution in [1.29, 1.82) is 0 Å². The fourth-order valence-electron chi connectivity index (χ4n) is 5.36. The molecule has 20 heavy (non-hydrogen) atoms. The number of fused-ring (bicyclic) bond motifs is 3. The zero-order chi connectivity index (χ0) is 13.6. The lowest BCUT2D eigenvalue weighted by Gasteiger charge is -2.56. The number of hydrogen-bond acceptors (Lipinski definition) is 3. The Kier molecular flexibility index (Phi) is 3.56. The van der Waals surface area contributed by atoms with Crippen LogP contribution in [-0.2, 0) is 0 Å². The molecule has 4 heterocycles. The Labute approximate surface area is 124 Å². The Morgan fingerprint density at radius 2 is 1.80 bits per heavy atom. The third kappa shape index (κ3) is 2.32. The fraction of sp³-hybridized carbons (Fsp3) is 1.00. The molecular formula is C17H31N3. The van der Waals surface area contributed by atoms with Crippen LogP contribution in [0.5, 0.6) is 0 Å². The molecule has 0 aromatic carbocycles. The lowest BCUT2D eigenvalue weighted by Crippen LogP contribution is -2.69. The van der Waals surface area contributed by atoms with Crippen molar-refractivity contribution in [3.05, 3.63) is 0 Å². The van der Waals surface area contributed by atoms with Gasteiger partial charge in [0, 0.05) is 37.3 Å². The molecule has 2 atom stereocenters. The number of piperazine rings is 1. The van der Waals surface area contributed by atoms with Crippen LogP contribution in [0.4, 0.5) is 0 Å². The minimum Gasteiger partial charge on any atom is -0.308 e. The Bertz CT molecular complexity index is 342. The zero-order valence-corrected chi connectivity index (χ0v) is 13.1. The van der Waals surface area contributed by atoms with Crippen LogP contribution >= 0.6 is 0 Å².